The summed E-state index contributed by atoms with van der Waals surface area (Å²) in [5.74, 6) is 1.51. The minimum Gasteiger partial charge on any atom is -0.495 e. The Morgan fingerprint density at radius 3 is 2.73 bits per heavy atom. The number of para-hydroxylation sites is 2. The van der Waals surface area contributed by atoms with Gasteiger partial charge in [0.1, 0.15) is 11.8 Å². The molecule has 0 saturated heterocycles. The highest BCUT2D eigenvalue weighted by atomic mass is 79.9. The van der Waals surface area contributed by atoms with Crippen LogP contribution < -0.4 is 15.4 Å². The van der Waals surface area contributed by atoms with Crippen LogP contribution in [0, 0.1) is 0 Å². The summed E-state index contributed by atoms with van der Waals surface area (Å²) < 4.78 is 8.09. The molecule has 5 rings (SSSR count). The zero-order valence-electron chi connectivity index (χ0n) is 20.0. The van der Waals surface area contributed by atoms with Crippen LogP contribution in [0.15, 0.2) is 93.7 Å². The molecule has 1 amide bonds. The number of fused-ring (bicyclic) bond motifs is 1. The Balaban J connectivity index is 1.51. The first kappa shape index (κ1) is 25.4. The molecule has 188 valence electrons. The van der Waals surface area contributed by atoms with E-state index in [1.54, 1.807) is 23.9 Å². The highest BCUT2D eigenvalue weighted by Crippen LogP contribution is 2.38. The number of amides is 1. The Morgan fingerprint density at radius 1 is 1.16 bits per heavy atom. The van der Waals surface area contributed by atoms with E-state index in [9.17, 15) is 4.79 Å². The molecule has 3 aromatic carbocycles. The summed E-state index contributed by atoms with van der Waals surface area (Å²) in [6.07, 6.45) is 0. The minimum absolute atomic E-state index is 0.258. The summed E-state index contributed by atoms with van der Waals surface area (Å²) in [6.45, 7) is 1.87. The van der Waals surface area contributed by atoms with Gasteiger partial charge >= 0.3 is 0 Å². The van der Waals surface area contributed by atoms with Gasteiger partial charge in [-0.25, -0.2) is 4.68 Å². The maximum Gasteiger partial charge on any atom is 0.255 e. The fraction of sp³-hybridized carbons (Fsp3) is 0.148. The van der Waals surface area contributed by atoms with E-state index in [0.29, 0.717) is 44.6 Å². The predicted molar refractivity (Wildman–Crippen MR) is 151 cm³/mol. The maximum absolute atomic E-state index is 13.7. The van der Waals surface area contributed by atoms with Crippen molar-refractivity contribution in [3.05, 3.63) is 105 Å². The smallest absolute Gasteiger partial charge is 0.255 e. The van der Waals surface area contributed by atoms with Crippen LogP contribution in [0.25, 0.3) is 0 Å². The second kappa shape index (κ2) is 11.0. The largest absolute Gasteiger partial charge is 0.495 e. The fourth-order valence-corrected chi connectivity index (χ4v) is 5.70. The van der Waals surface area contributed by atoms with E-state index in [-0.39, 0.29) is 5.91 Å². The number of halogens is 2. The van der Waals surface area contributed by atoms with E-state index in [4.69, 9.17) is 26.4 Å². The van der Waals surface area contributed by atoms with E-state index in [1.807, 2.05) is 67.6 Å². The zero-order valence-corrected chi connectivity index (χ0v) is 23.2. The molecule has 1 unspecified atom stereocenters. The summed E-state index contributed by atoms with van der Waals surface area (Å²) in [4.78, 5) is 18.4. The van der Waals surface area contributed by atoms with Crippen LogP contribution in [0.2, 0.25) is 5.02 Å². The fourth-order valence-electron chi connectivity index (χ4n) is 4.17. The van der Waals surface area contributed by atoms with Crippen LogP contribution in [0.3, 0.4) is 0 Å². The number of hydrogen-bond donors (Lipinski definition) is 2. The van der Waals surface area contributed by atoms with Crippen molar-refractivity contribution in [1.82, 2.24) is 14.8 Å². The molecule has 0 aliphatic carbocycles. The van der Waals surface area contributed by atoms with Crippen molar-refractivity contribution in [3.63, 3.8) is 0 Å². The second-order valence-electron chi connectivity index (χ2n) is 8.32. The molecule has 2 heterocycles. The number of carbonyl (C=O) groups excluding carboxylic acids is 1. The first-order valence-corrected chi connectivity index (χ1v) is 13.6. The van der Waals surface area contributed by atoms with Crippen molar-refractivity contribution in [2.75, 3.05) is 17.7 Å². The first-order valence-electron chi connectivity index (χ1n) is 11.4. The van der Waals surface area contributed by atoms with Crippen LogP contribution in [0.1, 0.15) is 24.1 Å². The van der Waals surface area contributed by atoms with E-state index in [0.717, 1.165) is 15.6 Å². The van der Waals surface area contributed by atoms with Gasteiger partial charge in [0.05, 0.1) is 18.4 Å². The molecule has 4 aromatic rings. The molecule has 0 spiro atoms. The number of anilines is 2. The SMILES string of the molecule is COc1ccccc1NC(=O)C1=C(C)Nc2nc(SCc3ccccc3Cl)nn2C1c1cccc(Br)c1. The monoisotopic (exact) mass is 595 g/mol. The Hall–Kier alpha value is -3.27. The second-order valence-corrected chi connectivity index (χ2v) is 10.6. The van der Waals surface area contributed by atoms with Crippen molar-refractivity contribution < 1.29 is 9.53 Å². The number of ether oxygens (including phenoxy) is 1. The highest BCUT2D eigenvalue weighted by Gasteiger charge is 2.34. The number of carbonyl (C=O) groups is 1. The molecule has 1 aliphatic heterocycles. The molecule has 0 saturated carbocycles. The summed E-state index contributed by atoms with van der Waals surface area (Å²) in [6, 6.07) is 22.4. The number of aromatic nitrogens is 3. The molecule has 37 heavy (non-hydrogen) atoms. The van der Waals surface area contributed by atoms with Crippen LogP contribution in [0.5, 0.6) is 5.75 Å². The average Bonchev–Trinajstić information content (AvgIpc) is 3.30. The zero-order chi connectivity index (χ0) is 25.9. The number of rotatable bonds is 7. The van der Waals surface area contributed by atoms with Gasteiger partial charge in [0.2, 0.25) is 11.1 Å². The third kappa shape index (κ3) is 5.39. The molecule has 2 N–H and O–H groups in total. The van der Waals surface area contributed by atoms with Crippen LogP contribution in [-0.4, -0.2) is 27.8 Å². The molecule has 10 heteroatoms. The minimum atomic E-state index is -0.495. The Morgan fingerprint density at radius 2 is 1.95 bits per heavy atom. The third-order valence-corrected chi connectivity index (χ3v) is 7.66. The number of nitrogens with zero attached hydrogens (tertiary/aromatic N) is 3. The van der Waals surface area contributed by atoms with Crippen LogP contribution in [-0.2, 0) is 10.5 Å². The van der Waals surface area contributed by atoms with Crippen LogP contribution in [0.4, 0.5) is 11.6 Å². The van der Waals surface area contributed by atoms with Crippen LogP contribution >= 0.6 is 39.3 Å². The summed E-state index contributed by atoms with van der Waals surface area (Å²) in [5, 5.41) is 12.4. The highest BCUT2D eigenvalue weighted by molar-refractivity contribution is 9.10. The molecule has 0 bridgehead atoms. The lowest BCUT2D eigenvalue weighted by Gasteiger charge is -2.29. The van der Waals surface area contributed by atoms with E-state index in [1.165, 1.54) is 11.8 Å². The van der Waals surface area contributed by atoms with Crippen molar-refractivity contribution in [2.24, 2.45) is 0 Å². The predicted octanol–water partition coefficient (Wildman–Crippen LogP) is 6.92. The quantitative estimate of drug-likeness (QED) is 0.225. The molecule has 1 aromatic heterocycles. The third-order valence-electron chi connectivity index (χ3n) is 5.91. The van der Waals surface area contributed by atoms with Crippen molar-refractivity contribution in [2.45, 2.75) is 23.9 Å². The normalized spacial score (nSPS) is 14.6. The lowest BCUT2D eigenvalue weighted by molar-refractivity contribution is -0.113. The van der Waals surface area contributed by atoms with Gasteiger partial charge in [-0.1, -0.05) is 81.8 Å². The molecule has 0 fully saturated rings. The van der Waals surface area contributed by atoms with Crippen molar-refractivity contribution in [1.29, 1.82) is 0 Å². The van der Waals surface area contributed by atoms with Gasteiger partial charge in [0.25, 0.3) is 5.91 Å². The van der Waals surface area contributed by atoms with Gasteiger partial charge in [0, 0.05) is 20.9 Å². The lowest BCUT2D eigenvalue weighted by Crippen LogP contribution is -2.31. The average molecular weight is 597 g/mol. The van der Waals surface area contributed by atoms with Gasteiger partial charge in [-0.2, -0.15) is 4.98 Å². The lowest BCUT2D eigenvalue weighted by atomic mass is 9.95. The van der Waals surface area contributed by atoms with E-state index < -0.39 is 6.04 Å². The van der Waals surface area contributed by atoms with Gasteiger partial charge in [-0.3, -0.25) is 4.79 Å². The standard InChI is InChI=1S/C27H23BrClN5O2S/c1-16-23(25(35)31-21-12-5-6-13-22(21)36-2)24(17-9-7-10-19(28)14-17)34-26(30-16)32-27(33-34)37-15-18-8-3-4-11-20(18)29/h3-14,24H,15H2,1-2H3,(H,31,35)(H,30,32,33). The molecule has 1 atom stereocenters. The van der Waals surface area contributed by atoms with E-state index in [2.05, 4.69) is 26.6 Å². The summed E-state index contributed by atoms with van der Waals surface area (Å²) in [5.41, 5.74) is 3.71. The topological polar surface area (TPSA) is 81.1 Å². The number of benzene rings is 3. The van der Waals surface area contributed by atoms with Crippen molar-refractivity contribution in [3.8, 4) is 5.75 Å². The Kier molecular flexibility index (Phi) is 7.55. The Bertz CT molecular complexity index is 1510. The Labute approximate surface area is 232 Å². The molecule has 1 aliphatic rings. The number of nitrogens with one attached hydrogen (secondary N) is 2. The molecule has 7 nitrogen and oxygen atoms in total. The number of hydrogen-bond acceptors (Lipinski definition) is 6. The first-order chi connectivity index (χ1) is 17.9. The molecule has 0 radical (unpaired) electrons. The molecular formula is C27H23BrClN5O2S. The van der Waals surface area contributed by atoms with Gasteiger partial charge in [-0.15, -0.1) is 5.10 Å². The number of thioether (sulfide) groups is 1. The van der Waals surface area contributed by atoms with E-state index >= 15 is 0 Å². The van der Waals surface area contributed by atoms with Gasteiger partial charge < -0.3 is 15.4 Å². The van der Waals surface area contributed by atoms with Gasteiger partial charge in [0.15, 0.2) is 0 Å². The summed E-state index contributed by atoms with van der Waals surface area (Å²) in [7, 11) is 1.57. The molecular weight excluding hydrogens is 574 g/mol. The van der Waals surface area contributed by atoms with Crippen molar-refractivity contribution >= 4 is 56.8 Å². The number of methoxy groups -OCH3 is 1. The maximum atomic E-state index is 13.7. The number of allylic oxidation sites excluding steroid dienone is 1. The summed E-state index contributed by atoms with van der Waals surface area (Å²) >= 11 is 11.4. The van der Waals surface area contributed by atoms with Gasteiger partial charge in [-0.05, 0) is 48.4 Å².